The predicted molar refractivity (Wildman–Crippen MR) is 145 cm³/mol. The number of nitrogens with one attached hydrogen (secondary N) is 1. The maximum atomic E-state index is 13.3. The summed E-state index contributed by atoms with van der Waals surface area (Å²) in [4.78, 5) is 20.9. The molecule has 0 atom stereocenters. The van der Waals surface area contributed by atoms with Gasteiger partial charge in [-0.2, -0.15) is 0 Å². The number of nitrogens with zero attached hydrogens (tertiary/aromatic N) is 2. The predicted octanol–water partition coefficient (Wildman–Crippen LogP) is 6.93. The highest BCUT2D eigenvalue weighted by atomic mass is 32.1. The number of aromatic nitrogens is 1. The average molecular weight is 520 g/mol. The van der Waals surface area contributed by atoms with Gasteiger partial charge in [0, 0.05) is 48.5 Å². The molecular formula is C28H26FN3O2S2. The molecule has 1 aliphatic heterocycles. The first-order valence-corrected chi connectivity index (χ1v) is 13.3. The fourth-order valence-corrected chi connectivity index (χ4v) is 5.71. The number of anilines is 1. The lowest BCUT2D eigenvalue weighted by atomic mass is 9.97. The number of aryl methyl sites for hydroxylation is 1. The second-order valence-corrected chi connectivity index (χ2v) is 10.2. The lowest BCUT2D eigenvalue weighted by Crippen LogP contribution is -2.37. The van der Waals surface area contributed by atoms with E-state index in [0.29, 0.717) is 17.3 Å². The number of hydrogen-bond acceptors (Lipinski definition) is 5. The summed E-state index contributed by atoms with van der Waals surface area (Å²) in [5.74, 6) is 0.744. The van der Waals surface area contributed by atoms with Crippen molar-refractivity contribution >= 4 is 40.1 Å². The lowest BCUT2D eigenvalue weighted by molar-refractivity contribution is 0.102. The molecule has 0 aliphatic carbocycles. The molecule has 1 fully saturated rings. The number of carbonyl (C=O) groups is 1. The molecule has 5 rings (SSSR count). The van der Waals surface area contributed by atoms with Crippen LogP contribution in [-0.2, 0) is 6.42 Å². The Hall–Kier alpha value is -3.36. The van der Waals surface area contributed by atoms with E-state index in [-0.39, 0.29) is 11.7 Å². The summed E-state index contributed by atoms with van der Waals surface area (Å²) in [7, 11) is 0. The van der Waals surface area contributed by atoms with Crippen LogP contribution >= 0.6 is 23.6 Å². The summed E-state index contributed by atoms with van der Waals surface area (Å²) in [5.41, 5.74) is 2.75. The minimum absolute atomic E-state index is 0.247. The van der Waals surface area contributed by atoms with Crippen LogP contribution in [0.15, 0.2) is 76.7 Å². The van der Waals surface area contributed by atoms with Gasteiger partial charge in [-0.15, -0.1) is 11.3 Å². The van der Waals surface area contributed by atoms with Gasteiger partial charge in [-0.3, -0.25) is 4.79 Å². The highest BCUT2D eigenvalue weighted by Crippen LogP contribution is 2.32. The van der Waals surface area contributed by atoms with Crippen molar-refractivity contribution in [2.24, 2.45) is 0 Å². The van der Waals surface area contributed by atoms with Crippen molar-refractivity contribution in [3.05, 3.63) is 94.6 Å². The molecule has 8 heteroatoms. The zero-order valence-corrected chi connectivity index (χ0v) is 21.3. The molecular weight excluding hydrogens is 493 g/mol. The van der Waals surface area contributed by atoms with E-state index in [0.717, 1.165) is 65.7 Å². The molecule has 0 unspecified atom stereocenters. The van der Waals surface area contributed by atoms with Crippen molar-refractivity contribution in [1.82, 2.24) is 9.88 Å². The Morgan fingerprint density at radius 3 is 2.64 bits per heavy atom. The van der Waals surface area contributed by atoms with Gasteiger partial charge in [0.1, 0.15) is 17.3 Å². The van der Waals surface area contributed by atoms with Gasteiger partial charge in [-0.05, 0) is 48.7 Å². The Balaban J connectivity index is 1.18. The second kappa shape index (κ2) is 11.1. The first kappa shape index (κ1) is 24.3. The van der Waals surface area contributed by atoms with Gasteiger partial charge in [-0.1, -0.05) is 42.5 Å². The van der Waals surface area contributed by atoms with Crippen LogP contribution < -0.4 is 5.32 Å². The van der Waals surface area contributed by atoms with E-state index >= 15 is 0 Å². The first-order valence-electron chi connectivity index (χ1n) is 12.0. The molecule has 0 radical (unpaired) electrons. The van der Waals surface area contributed by atoms with Crippen molar-refractivity contribution in [3.63, 3.8) is 0 Å². The minimum atomic E-state index is -0.295. The van der Waals surface area contributed by atoms with E-state index in [1.165, 1.54) is 23.5 Å². The largest absolute Gasteiger partial charge is 0.469 e. The molecule has 184 valence electrons. The molecule has 0 spiro atoms. The lowest BCUT2D eigenvalue weighted by Gasteiger charge is -2.33. The standard InChI is InChI=1S/C28H26FN3O2S2/c29-21-9-7-19(8-10-21)23-5-1-2-6-24(23)30-27(33)25-18-36-28(31-25)20-13-15-32(16-14-20)26(35)12-11-22-4-3-17-34-22/h1-10,17-18,20H,11-16H2,(H,30,33). The molecule has 1 saturated heterocycles. The number of carbonyl (C=O) groups excluding carboxylic acids is 1. The molecule has 5 nitrogen and oxygen atoms in total. The minimum Gasteiger partial charge on any atom is -0.469 e. The van der Waals surface area contributed by atoms with Crippen LogP contribution in [0.3, 0.4) is 0 Å². The van der Waals surface area contributed by atoms with Gasteiger partial charge in [0.05, 0.1) is 16.3 Å². The molecule has 0 saturated carbocycles. The molecule has 1 aliphatic rings. The maximum absolute atomic E-state index is 13.3. The molecule has 1 amide bonds. The smallest absolute Gasteiger partial charge is 0.275 e. The van der Waals surface area contributed by atoms with Gasteiger partial charge in [0.2, 0.25) is 0 Å². The Labute approximate surface area is 219 Å². The number of likely N-dealkylation sites (tertiary alicyclic amines) is 1. The number of benzene rings is 2. The third-order valence-corrected chi connectivity index (χ3v) is 7.92. The molecule has 2 aromatic carbocycles. The zero-order chi connectivity index (χ0) is 24.9. The molecule has 4 aromatic rings. The quantitative estimate of drug-likeness (QED) is 0.268. The van der Waals surface area contributed by atoms with Crippen LogP contribution in [0.4, 0.5) is 10.1 Å². The summed E-state index contributed by atoms with van der Waals surface area (Å²) in [5, 5.41) is 5.80. The van der Waals surface area contributed by atoms with Gasteiger partial charge in [0.15, 0.2) is 0 Å². The number of piperidine rings is 1. The van der Waals surface area contributed by atoms with Crippen LogP contribution in [0.5, 0.6) is 0 Å². The second-order valence-electron chi connectivity index (χ2n) is 8.81. The Morgan fingerprint density at radius 2 is 1.89 bits per heavy atom. The molecule has 2 aromatic heterocycles. The highest BCUT2D eigenvalue weighted by molar-refractivity contribution is 7.80. The third kappa shape index (κ3) is 5.71. The fourth-order valence-electron chi connectivity index (χ4n) is 4.46. The number of furan rings is 1. The number of thiocarbonyl (C=S) groups is 1. The number of halogens is 1. The number of thiazole rings is 1. The molecule has 1 N–H and O–H groups in total. The van der Waals surface area contributed by atoms with E-state index in [4.69, 9.17) is 16.6 Å². The third-order valence-electron chi connectivity index (χ3n) is 6.45. The fraction of sp³-hybridized carbons (Fsp3) is 0.250. The number of para-hydroxylation sites is 1. The van der Waals surface area contributed by atoms with Crippen LogP contribution in [0, 0.1) is 5.82 Å². The summed E-state index contributed by atoms with van der Waals surface area (Å²) in [6, 6.07) is 17.6. The number of amides is 1. The van der Waals surface area contributed by atoms with E-state index in [2.05, 4.69) is 15.2 Å². The molecule has 3 heterocycles. The number of hydrogen-bond donors (Lipinski definition) is 1. The normalized spacial score (nSPS) is 14.1. The highest BCUT2D eigenvalue weighted by Gasteiger charge is 2.25. The van der Waals surface area contributed by atoms with E-state index in [1.807, 2.05) is 41.8 Å². The van der Waals surface area contributed by atoms with Crippen LogP contribution in [0.25, 0.3) is 11.1 Å². The van der Waals surface area contributed by atoms with Crippen molar-refractivity contribution in [1.29, 1.82) is 0 Å². The van der Waals surface area contributed by atoms with Crippen molar-refractivity contribution in [3.8, 4) is 11.1 Å². The van der Waals surface area contributed by atoms with Gasteiger partial charge in [0.25, 0.3) is 5.91 Å². The van der Waals surface area contributed by atoms with Crippen LogP contribution in [0.1, 0.15) is 46.4 Å². The van der Waals surface area contributed by atoms with Gasteiger partial charge < -0.3 is 14.6 Å². The van der Waals surface area contributed by atoms with Gasteiger partial charge >= 0.3 is 0 Å². The summed E-state index contributed by atoms with van der Waals surface area (Å²) >= 11 is 7.19. The zero-order valence-electron chi connectivity index (χ0n) is 19.7. The monoisotopic (exact) mass is 519 g/mol. The van der Waals surface area contributed by atoms with Crippen molar-refractivity contribution in [2.75, 3.05) is 18.4 Å². The Kier molecular flexibility index (Phi) is 7.53. The molecule has 0 bridgehead atoms. The molecule has 36 heavy (non-hydrogen) atoms. The summed E-state index contributed by atoms with van der Waals surface area (Å²) in [6.45, 7) is 1.79. The van der Waals surface area contributed by atoms with E-state index < -0.39 is 0 Å². The first-order chi connectivity index (χ1) is 17.6. The van der Waals surface area contributed by atoms with Crippen LogP contribution in [0.2, 0.25) is 0 Å². The van der Waals surface area contributed by atoms with E-state index in [9.17, 15) is 9.18 Å². The average Bonchev–Trinajstić information content (AvgIpc) is 3.61. The SMILES string of the molecule is O=C(Nc1ccccc1-c1ccc(F)cc1)c1csc(C2CCN(C(=S)CCc3ccco3)CC2)n1. The van der Waals surface area contributed by atoms with Crippen molar-refractivity contribution in [2.45, 2.75) is 31.6 Å². The maximum Gasteiger partial charge on any atom is 0.275 e. The summed E-state index contributed by atoms with van der Waals surface area (Å²) in [6.07, 6.45) is 5.25. The topological polar surface area (TPSA) is 58.4 Å². The van der Waals surface area contributed by atoms with Crippen molar-refractivity contribution < 1.29 is 13.6 Å². The summed E-state index contributed by atoms with van der Waals surface area (Å²) < 4.78 is 18.8. The Bertz CT molecular complexity index is 1330. The van der Waals surface area contributed by atoms with Crippen LogP contribution in [-0.4, -0.2) is 33.9 Å². The Morgan fingerprint density at radius 1 is 1.11 bits per heavy atom. The van der Waals surface area contributed by atoms with Gasteiger partial charge in [-0.25, -0.2) is 9.37 Å². The number of rotatable bonds is 7. The van der Waals surface area contributed by atoms with E-state index in [1.54, 1.807) is 18.4 Å².